The first-order valence-electron chi connectivity index (χ1n) is 10.1. The topological polar surface area (TPSA) is 40.9 Å². The van der Waals surface area contributed by atoms with Crippen molar-refractivity contribution in [1.29, 1.82) is 5.26 Å². The highest BCUT2D eigenvalue weighted by Crippen LogP contribution is 2.79. The zero-order valence-electron chi connectivity index (χ0n) is 15.8. The molecule has 5 rings (SSSR count). The Labute approximate surface area is 151 Å². The maximum absolute atomic E-state index is 12.0. The van der Waals surface area contributed by atoms with Crippen LogP contribution >= 0.6 is 0 Å². The summed E-state index contributed by atoms with van der Waals surface area (Å²) in [6.07, 6.45) is 8.31. The van der Waals surface area contributed by atoms with Crippen molar-refractivity contribution in [2.75, 3.05) is 0 Å². The second kappa shape index (κ2) is 4.48. The summed E-state index contributed by atoms with van der Waals surface area (Å²) in [4.78, 5) is 12.0. The second-order valence-electron chi connectivity index (χ2n) is 10.3. The van der Waals surface area contributed by atoms with E-state index in [4.69, 9.17) is 0 Å². The van der Waals surface area contributed by atoms with E-state index in [0.29, 0.717) is 30.1 Å². The van der Waals surface area contributed by atoms with Crippen LogP contribution in [0.5, 0.6) is 0 Å². The van der Waals surface area contributed by atoms with E-state index in [1.807, 2.05) is 6.08 Å². The van der Waals surface area contributed by atoms with Gasteiger partial charge in [0, 0.05) is 6.42 Å². The highest BCUT2D eigenvalue weighted by molar-refractivity contribution is 5.92. The summed E-state index contributed by atoms with van der Waals surface area (Å²) in [6.45, 7) is 11.5. The molecular weight excluding hydrogens is 306 g/mol. The van der Waals surface area contributed by atoms with Crippen molar-refractivity contribution >= 4 is 5.78 Å². The lowest BCUT2D eigenvalue weighted by atomic mass is 9.44. The zero-order valence-corrected chi connectivity index (χ0v) is 15.8. The molecule has 0 saturated heterocycles. The summed E-state index contributed by atoms with van der Waals surface area (Å²) < 4.78 is 0. The average molecular weight is 335 g/mol. The molecule has 2 nitrogen and oxygen atoms in total. The van der Waals surface area contributed by atoms with Gasteiger partial charge in [0.25, 0.3) is 0 Å². The third-order valence-electron chi connectivity index (χ3n) is 9.64. The van der Waals surface area contributed by atoms with Gasteiger partial charge in [-0.1, -0.05) is 26.0 Å². The summed E-state index contributed by atoms with van der Waals surface area (Å²) in [5.74, 6) is 3.66. The Morgan fingerprint density at radius 2 is 1.96 bits per heavy atom. The number of carbonyl (C=O) groups excluding carboxylic acids is 1. The van der Waals surface area contributed by atoms with E-state index in [1.165, 1.54) is 30.4 Å². The maximum atomic E-state index is 12.0. The van der Waals surface area contributed by atoms with Crippen LogP contribution in [0.2, 0.25) is 0 Å². The molecule has 0 spiro atoms. The van der Waals surface area contributed by atoms with Crippen LogP contribution in [-0.2, 0) is 4.79 Å². The van der Waals surface area contributed by atoms with Gasteiger partial charge in [0.15, 0.2) is 5.78 Å². The Morgan fingerprint density at radius 3 is 2.68 bits per heavy atom. The molecule has 0 bridgehead atoms. The lowest BCUT2D eigenvalue weighted by molar-refractivity contribution is -0.117. The molecule has 5 aliphatic carbocycles. The van der Waals surface area contributed by atoms with Crippen molar-refractivity contribution in [3.63, 3.8) is 0 Å². The first-order chi connectivity index (χ1) is 11.8. The highest BCUT2D eigenvalue weighted by Gasteiger charge is 2.75. The van der Waals surface area contributed by atoms with Crippen LogP contribution in [0.3, 0.4) is 0 Å². The van der Waals surface area contributed by atoms with Crippen LogP contribution in [0.25, 0.3) is 0 Å². The largest absolute Gasteiger partial charge is 0.295 e. The van der Waals surface area contributed by atoms with Crippen molar-refractivity contribution in [2.24, 2.45) is 45.8 Å². The Bertz CT molecular complexity index is 771. The molecule has 0 aromatic heterocycles. The molecule has 4 fully saturated rings. The normalized spacial score (nSPS) is 56.1. The monoisotopic (exact) mass is 335 g/mol. The van der Waals surface area contributed by atoms with Crippen molar-refractivity contribution in [3.8, 4) is 6.07 Å². The third kappa shape index (κ3) is 1.64. The van der Waals surface area contributed by atoms with Gasteiger partial charge in [-0.3, -0.25) is 4.79 Å². The second-order valence-corrected chi connectivity index (χ2v) is 10.3. The molecule has 0 aliphatic heterocycles. The predicted molar refractivity (Wildman–Crippen MR) is 97.3 cm³/mol. The Kier molecular flexibility index (Phi) is 2.84. The number of rotatable bonds is 0. The van der Waals surface area contributed by atoms with Gasteiger partial charge >= 0.3 is 0 Å². The fourth-order valence-electron chi connectivity index (χ4n) is 8.13. The lowest BCUT2D eigenvalue weighted by Gasteiger charge is -2.60. The molecular formula is C23H29NO. The van der Waals surface area contributed by atoms with E-state index in [0.717, 1.165) is 18.8 Å². The summed E-state index contributed by atoms with van der Waals surface area (Å²) >= 11 is 0. The average Bonchev–Trinajstić information content (AvgIpc) is 3.32. The summed E-state index contributed by atoms with van der Waals surface area (Å²) in [5, 5.41) is 10.0. The third-order valence-corrected chi connectivity index (χ3v) is 9.64. The number of carbonyl (C=O) groups is 1. The number of fused-ring (bicyclic) bond motifs is 7. The number of hydrogen-bond donors (Lipinski definition) is 0. The van der Waals surface area contributed by atoms with E-state index < -0.39 is 0 Å². The number of hydrogen-bond acceptors (Lipinski definition) is 2. The minimum absolute atomic E-state index is 0.130. The van der Waals surface area contributed by atoms with Gasteiger partial charge in [0.1, 0.15) is 0 Å². The predicted octanol–water partition coefficient (Wildman–Crippen LogP) is 5.07. The Hall–Kier alpha value is -1.36. The molecule has 0 radical (unpaired) electrons. The molecule has 8 atom stereocenters. The standard InChI is InChI=1S/C23H29NO/c1-13-9-15-17(21(2)7-5-14(25)10-18(13)21)6-8-22(3)20(15)16-11-19(16)23(22,4)12-24/h10,15-17,19-20H,1,5-9,11H2,2-4H3/t15?,16?,17?,19?,20?,21-,22+,23+/m1/s1. The smallest absolute Gasteiger partial charge is 0.156 e. The van der Waals surface area contributed by atoms with Crippen molar-refractivity contribution < 1.29 is 4.79 Å². The van der Waals surface area contributed by atoms with Gasteiger partial charge in [-0.05, 0) is 91.1 Å². The Morgan fingerprint density at radius 1 is 1.20 bits per heavy atom. The van der Waals surface area contributed by atoms with Crippen LogP contribution in [0.1, 0.15) is 59.3 Å². The fourth-order valence-corrected chi connectivity index (χ4v) is 8.13. The molecule has 0 amide bonds. The lowest BCUT2D eigenvalue weighted by Crippen LogP contribution is -2.53. The van der Waals surface area contributed by atoms with Crippen molar-refractivity contribution in [3.05, 3.63) is 23.8 Å². The molecule has 4 saturated carbocycles. The summed E-state index contributed by atoms with van der Waals surface area (Å²) in [5.41, 5.74) is 2.63. The van der Waals surface area contributed by atoms with E-state index in [9.17, 15) is 10.1 Å². The first-order valence-corrected chi connectivity index (χ1v) is 10.1. The van der Waals surface area contributed by atoms with Gasteiger partial charge < -0.3 is 0 Å². The molecule has 0 aromatic rings. The SMILES string of the molecule is C=C1CC2C(CC[C@@]3(C)C2C2CC2[C@]3(C)C#N)[C@@]2(C)CCC(=O)C=C12. The Balaban J connectivity index is 1.59. The van der Waals surface area contributed by atoms with E-state index in [2.05, 4.69) is 33.4 Å². The van der Waals surface area contributed by atoms with Crippen LogP contribution in [0, 0.1) is 57.2 Å². The quantitative estimate of drug-likeness (QED) is 0.620. The minimum atomic E-state index is -0.145. The molecule has 0 heterocycles. The fraction of sp³-hybridized carbons (Fsp3) is 0.739. The van der Waals surface area contributed by atoms with Gasteiger partial charge in [-0.2, -0.15) is 5.26 Å². The summed E-state index contributed by atoms with van der Waals surface area (Å²) in [7, 11) is 0. The van der Waals surface area contributed by atoms with Gasteiger partial charge in [-0.15, -0.1) is 0 Å². The number of ketones is 1. The van der Waals surface area contributed by atoms with E-state index in [1.54, 1.807) is 0 Å². The van der Waals surface area contributed by atoms with Crippen molar-refractivity contribution in [1.82, 2.24) is 0 Å². The van der Waals surface area contributed by atoms with Crippen molar-refractivity contribution in [2.45, 2.75) is 59.3 Å². The molecule has 5 aliphatic rings. The number of nitrogens with zero attached hydrogens (tertiary/aromatic N) is 1. The first kappa shape index (κ1) is 15.9. The molecule has 0 N–H and O–H groups in total. The summed E-state index contributed by atoms with van der Waals surface area (Å²) in [6, 6.07) is 2.77. The maximum Gasteiger partial charge on any atom is 0.156 e. The highest BCUT2D eigenvalue weighted by atomic mass is 16.1. The van der Waals surface area contributed by atoms with Crippen LogP contribution in [0.15, 0.2) is 23.8 Å². The van der Waals surface area contributed by atoms with Gasteiger partial charge in [0.05, 0.1) is 11.5 Å². The van der Waals surface area contributed by atoms with Crippen LogP contribution in [0.4, 0.5) is 0 Å². The van der Waals surface area contributed by atoms with E-state index in [-0.39, 0.29) is 22.0 Å². The van der Waals surface area contributed by atoms with Gasteiger partial charge in [-0.25, -0.2) is 0 Å². The minimum Gasteiger partial charge on any atom is -0.295 e. The van der Waals surface area contributed by atoms with Gasteiger partial charge in [0.2, 0.25) is 0 Å². The zero-order chi connectivity index (χ0) is 17.8. The molecule has 5 unspecified atom stereocenters. The molecule has 0 aromatic carbocycles. The van der Waals surface area contributed by atoms with E-state index >= 15 is 0 Å². The number of nitriles is 1. The molecule has 2 heteroatoms. The molecule has 132 valence electrons. The number of allylic oxidation sites excluding steroid dienone is 2. The van der Waals surface area contributed by atoms with Crippen LogP contribution in [-0.4, -0.2) is 5.78 Å². The molecule has 25 heavy (non-hydrogen) atoms. The van der Waals surface area contributed by atoms with Crippen LogP contribution < -0.4 is 0 Å².